The number of ether oxygens (including phenoxy) is 2. The van der Waals surface area contributed by atoms with Crippen molar-refractivity contribution in [3.8, 4) is 11.5 Å². The molecule has 3 rings (SSSR count). The molecule has 1 aliphatic rings. The molecule has 0 atom stereocenters. The summed E-state index contributed by atoms with van der Waals surface area (Å²) in [4.78, 5) is 23.3. The van der Waals surface area contributed by atoms with Gasteiger partial charge in [-0.05, 0) is 36.4 Å². The van der Waals surface area contributed by atoms with E-state index in [1.165, 1.54) is 18.2 Å². The monoisotopic (exact) mass is 459 g/mol. The number of carbonyl (C=O) groups excluding carboxylic acids is 2. The van der Waals surface area contributed by atoms with Crippen LogP contribution in [0.2, 0.25) is 0 Å². The molecule has 1 aliphatic heterocycles. The Hall–Kier alpha value is -3.32. The lowest BCUT2D eigenvalue weighted by Crippen LogP contribution is -2.46. The number of halogens is 3. The summed E-state index contributed by atoms with van der Waals surface area (Å²) in [5, 5.41) is 0. The Morgan fingerprint density at radius 1 is 0.968 bits per heavy atom. The molecule has 0 fully saturated rings. The molecular formula is C18H16F3N3O6S. The summed E-state index contributed by atoms with van der Waals surface area (Å²) in [6.45, 7) is -0.119. The first-order valence-electron chi connectivity index (χ1n) is 8.72. The van der Waals surface area contributed by atoms with Crippen LogP contribution in [0.3, 0.4) is 0 Å². The van der Waals surface area contributed by atoms with Crippen LogP contribution in [0.25, 0.3) is 0 Å². The number of hydrogen-bond acceptors (Lipinski definition) is 6. The lowest BCUT2D eigenvalue weighted by molar-refractivity contribution is -0.137. The van der Waals surface area contributed by atoms with Gasteiger partial charge in [0.2, 0.25) is 10.0 Å². The molecule has 13 heteroatoms. The number of sulfonamides is 1. The maximum absolute atomic E-state index is 12.7. The normalized spacial score (nSPS) is 13.4. The van der Waals surface area contributed by atoms with Crippen molar-refractivity contribution in [3.63, 3.8) is 0 Å². The van der Waals surface area contributed by atoms with E-state index < -0.39 is 45.0 Å². The highest BCUT2D eigenvalue weighted by molar-refractivity contribution is 7.89. The fraction of sp³-hybridized carbons (Fsp3) is 0.222. The minimum absolute atomic E-state index is 0.147. The van der Waals surface area contributed by atoms with E-state index in [9.17, 15) is 31.2 Å². The lowest BCUT2D eigenvalue weighted by atomic mass is 10.2. The third-order valence-corrected chi connectivity index (χ3v) is 5.41. The second-order valence-corrected chi connectivity index (χ2v) is 7.98. The molecule has 0 aromatic heterocycles. The third-order valence-electron chi connectivity index (χ3n) is 4.01. The van der Waals surface area contributed by atoms with Crippen LogP contribution in [-0.4, -0.2) is 40.0 Å². The fourth-order valence-corrected chi connectivity index (χ4v) is 3.54. The molecule has 0 saturated carbocycles. The van der Waals surface area contributed by atoms with Crippen LogP contribution < -0.4 is 25.0 Å². The molecule has 0 spiro atoms. The van der Waals surface area contributed by atoms with Crippen molar-refractivity contribution in [3.05, 3.63) is 53.6 Å². The van der Waals surface area contributed by atoms with Crippen LogP contribution in [0.15, 0.2) is 47.4 Å². The number of benzene rings is 2. The third kappa shape index (κ3) is 5.64. The highest BCUT2D eigenvalue weighted by Crippen LogP contribution is 2.31. The summed E-state index contributed by atoms with van der Waals surface area (Å²) in [6.07, 6.45) is -4.72. The molecule has 166 valence electrons. The van der Waals surface area contributed by atoms with Gasteiger partial charge in [0, 0.05) is 5.56 Å². The summed E-state index contributed by atoms with van der Waals surface area (Å²) in [5.74, 6) is -0.817. The number of hydrazine groups is 1. The van der Waals surface area contributed by atoms with Crippen molar-refractivity contribution in [1.29, 1.82) is 0 Å². The Kier molecular flexibility index (Phi) is 6.36. The Labute approximate surface area is 174 Å². The highest BCUT2D eigenvalue weighted by atomic mass is 32.2. The van der Waals surface area contributed by atoms with E-state index in [1.54, 1.807) is 0 Å². The van der Waals surface area contributed by atoms with Crippen molar-refractivity contribution in [2.24, 2.45) is 0 Å². The predicted molar refractivity (Wildman–Crippen MR) is 99.7 cm³/mol. The first-order chi connectivity index (χ1) is 14.6. The van der Waals surface area contributed by atoms with Crippen molar-refractivity contribution in [2.75, 3.05) is 19.8 Å². The smallest absolute Gasteiger partial charge is 0.416 e. The van der Waals surface area contributed by atoms with E-state index >= 15 is 0 Å². The molecule has 2 amide bonds. The van der Waals surface area contributed by atoms with Crippen LogP contribution in [-0.2, 0) is 21.0 Å². The first-order valence-corrected chi connectivity index (χ1v) is 10.2. The zero-order valence-corrected chi connectivity index (χ0v) is 16.5. The summed E-state index contributed by atoms with van der Waals surface area (Å²) < 4.78 is 75.1. The predicted octanol–water partition coefficient (Wildman–Crippen LogP) is 1.22. The standard InChI is InChI=1S/C18H16F3N3O6S/c19-18(20,21)12-2-1-3-13(9-12)31(27,28)22-10-16(25)23-24-17(26)11-4-5-14-15(8-11)30-7-6-29-14/h1-5,8-9,22H,6-7,10H2,(H,23,25)(H,24,26). The van der Waals surface area contributed by atoms with Crippen LogP contribution in [0.1, 0.15) is 15.9 Å². The molecule has 0 unspecified atom stereocenters. The maximum atomic E-state index is 12.7. The number of alkyl halides is 3. The topological polar surface area (TPSA) is 123 Å². The van der Waals surface area contributed by atoms with Gasteiger partial charge in [-0.1, -0.05) is 6.07 Å². The zero-order chi connectivity index (χ0) is 22.6. The molecule has 3 N–H and O–H groups in total. The molecule has 9 nitrogen and oxygen atoms in total. The average Bonchev–Trinajstić information content (AvgIpc) is 2.75. The van der Waals surface area contributed by atoms with Gasteiger partial charge in [0.25, 0.3) is 11.8 Å². The molecule has 1 heterocycles. The number of rotatable bonds is 5. The highest BCUT2D eigenvalue weighted by Gasteiger charge is 2.31. The minimum atomic E-state index is -4.72. The van der Waals surface area contributed by atoms with Crippen molar-refractivity contribution < 1.29 is 40.7 Å². The summed E-state index contributed by atoms with van der Waals surface area (Å²) in [6, 6.07) is 7.43. The molecule has 31 heavy (non-hydrogen) atoms. The molecular weight excluding hydrogens is 443 g/mol. The van der Waals surface area contributed by atoms with Crippen molar-refractivity contribution in [2.45, 2.75) is 11.1 Å². The Balaban J connectivity index is 1.55. The van der Waals surface area contributed by atoms with Gasteiger partial charge in [-0.15, -0.1) is 0 Å². The zero-order valence-electron chi connectivity index (χ0n) is 15.7. The van der Waals surface area contributed by atoms with Gasteiger partial charge in [-0.2, -0.15) is 13.2 Å². The summed E-state index contributed by atoms with van der Waals surface area (Å²) in [5.41, 5.74) is 3.10. The molecule has 0 aliphatic carbocycles. The van der Waals surface area contributed by atoms with E-state index in [-0.39, 0.29) is 5.56 Å². The summed E-state index contributed by atoms with van der Waals surface area (Å²) in [7, 11) is -4.39. The molecule has 2 aromatic carbocycles. The largest absolute Gasteiger partial charge is 0.486 e. The number of hydrogen-bond donors (Lipinski definition) is 3. The van der Waals surface area contributed by atoms with Gasteiger partial charge in [0.1, 0.15) is 13.2 Å². The lowest BCUT2D eigenvalue weighted by Gasteiger charge is -2.18. The summed E-state index contributed by atoms with van der Waals surface area (Å²) >= 11 is 0. The van der Waals surface area contributed by atoms with Crippen LogP contribution in [0.4, 0.5) is 13.2 Å². The number of carbonyl (C=O) groups is 2. The average molecular weight is 459 g/mol. The minimum Gasteiger partial charge on any atom is -0.486 e. The van der Waals surface area contributed by atoms with E-state index in [2.05, 4.69) is 5.43 Å². The number of fused-ring (bicyclic) bond motifs is 1. The van der Waals surface area contributed by atoms with E-state index in [0.717, 1.165) is 18.2 Å². The van der Waals surface area contributed by atoms with Gasteiger partial charge in [-0.3, -0.25) is 20.4 Å². The maximum Gasteiger partial charge on any atom is 0.416 e. The number of nitrogens with one attached hydrogen (secondary N) is 3. The first kappa shape index (κ1) is 22.4. The molecule has 2 aromatic rings. The molecule has 0 bridgehead atoms. The van der Waals surface area contributed by atoms with Crippen molar-refractivity contribution in [1.82, 2.24) is 15.6 Å². The van der Waals surface area contributed by atoms with Crippen LogP contribution in [0, 0.1) is 0 Å². The van der Waals surface area contributed by atoms with Gasteiger partial charge < -0.3 is 9.47 Å². The second kappa shape index (κ2) is 8.81. The fourth-order valence-electron chi connectivity index (χ4n) is 2.51. The Morgan fingerprint density at radius 3 is 2.39 bits per heavy atom. The second-order valence-electron chi connectivity index (χ2n) is 6.21. The van der Waals surface area contributed by atoms with Crippen LogP contribution in [0.5, 0.6) is 11.5 Å². The Bertz CT molecular complexity index is 1100. The van der Waals surface area contributed by atoms with E-state index in [0.29, 0.717) is 30.8 Å². The van der Waals surface area contributed by atoms with Crippen molar-refractivity contribution >= 4 is 21.8 Å². The quantitative estimate of drug-likeness (QED) is 0.578. The molecule has 0 saturated heterocycles. The van der Waals surface area contributed by atoms with Gasteiger partial charge in [0.15, 0.2) is 11.5 Å². The van der Waals surface area contributed by atoms with Gasteiger partial charge in [0.05, 0.1) is 17.0 Å². The van der Waals surface area contributed by atoms with Gasteiger partial charge in [-0.25, -0.2) is 13.1 Å². The number of amides is 2. The Morgan fingerprint density at radius 2 is 1.68 bits per heavy atom. The van der Waals surface area contributed by atoms with E-state index in [1.807, 2.05) is 10.1 Å². The SMILES string of the molecule is O=C(CNS(=O)(=O)c1cccc(C(F)(F)F)c1)NNC(=O)c1ccc2c(c1)OCCO2. The van der Waals surface area contributed by atoms with Gasteiger partial charge >= 0.3 is 6.18 Å². The van der Waals surface area contributed by atoms with Crippen LogP contribution >= 0.6 is 0 Å². The molecule has 0 radical (unpaired) electrons. The van der Waals surface area contributed by atoms with E-state index in [4.69, 9.17) is 9.47 Å².